The van der Waals surface area contributed by atoms with Crippen LogP contribution in [0.3, 0.4) is 0 Å². The lowest BCUT2D eigenvalue weighted by molar-refractivity contribution is 0.966. The molecule has 0 saturated heterocycles. The van der Waals surface area contributed by atoms with Crippen LogP contribution in [-0.2, 0) is 6.42 Å². The minimum Gasteiger partial charge on any atom is -0.103 e. The molecule has 25 heavy (non-hydrogen) atoms. The van der Waals surface area contributed by atoms with Gasteiger partial charge in [-0.2, -0.15) is 0 Å². The summed E-state index contributed by atoms with van der Waals surface area (Å²) in [5.74, 6) is 0. The summed E-state index contributed by atoms with van der Waals surface area (Å²) in [6.07, 6.45) is 8.25. The lowest BCUT2D eigenvalue weighted by Gasteiger charge is -2.12. The molecule has 1 aliphatic rings. The minimum absolute atomic E-state index is 1.07. The van der Waals surface area contributed by atoms with E-state index in [2.05, 4.69) is 81.6 Å². The zero-order chi connectivity index (χ0) is 18.2. The number of aryl methyl sites for hydroxylation is 2. The topological polar surface area (TPSA) is 0 Å². The van der Waals surface area contributed by atoms with Crippen LogP contribution in [0.2, 0.25) is 0 Å². The molecule has 0 nitrogen and oxygen atoms in total. The summed E-state index contributed by atoms with van der Waals surface area (Å²) in [7, 11) is 0. The molecular weight excluding hydrogens is 300 g/mol. The first-order chi connectivity index (χ1) is 12.1. The van der Waals surface area contributed by atoms with Crippen LogP contribution >= 0.6 is 0 Å². The number of hydrogen-bond donors (Lipinski definition) is 0. The first kappa shape index (κ1) is 18.7. The van der Waals surface area contributed by atoms with Gasteiger partial charge < -0.3 is 0 Å². The molecule has 0 radical (unpaired) electrons. The first-order valence-corrected chi connectivity index (χ1v) is 8.87. The second-order valence-corrected chi connectivity index (χ2v) is 6.33. The van der Waals surface area contributed by atoms with E-state index in [1.807, 2.05) is 13.0 Å². The Balaban J connectivity index is 0.000000701. The zero-order valence-electron chi connectivity index (χ0n) is 15.7. The molecule has 0 aliphatic heterocycles. The predicted octanol–water partition coefficient (Wildman–Crippen LogP) is 7.18. The van der Waals surface area contributed by atoms with Crippen molar-refractivity contribution in [1.82, 2.24) is 0 Å². The van der Waals surface area contributed by atoms with Crippen molar-refractivity contribution in [2.24, 2.45) is 0 Å². The summed E-state index contributed by atoms with van der Waals surface area (Å²) < 4.78 is 0. The lowest BCUT2D eigenvalue weighted by Crippen LogP contribution is -1.92. The third-order valence-corrected chi connectivity index (χ3v) is 4.59. The third-order valence-electron chi connectivity index (χ3n) is 4.59. The second kappa shape index (κ2) is 9.03. The molecule has 0 heteroatoms. The molecule has 0 bridgehead atoms. The van der Waals surface area contributed by atoms with Gasteiger partial charge in [0.2, 0.25) is 0 Å². The number of benzene rings is 2. The van der Waals surface area contributed by atoms with Gasteiger partial charge in [0.1, 0.15) is 0 Å². The van der Waals surface area contributed by atoms with Crippen molar-refractivity contribution in [1.29, 1.82) is 0 Å². The highest BCUT2D eigenvalue weighted by Crippen LogP contribution is 2.35. The zero-order valence-corrected chi connectivity index (χ0v) is 15.7. The molecule has 0 unspecified atom stereocenters. The van der Waals surface area contributed by atoms with Crippen LogP contribution in [0.25, 0.3) is 11.6 Å². The number of hydrogen-bond acceptors (Lipinski definition) is 0. The van der Waals surface area contributed by atoms with Crippen molar-refractivity contribution in [3.8, 4) is 0 Å². The maximum Gasteiger partial charge on any atom is -0.0143 e. The Kier molecular flexibility index (Phi) is 6.77. The van der Waals surface area contributed by atoms with Gasteiger partial charge in [0.15, 0.2) is 0 Å². The molecule has 0 spiro atoms. The largest absolute Gasteiger partial charge is 0.103 e. The van der Waals surface area contributed by atoms with E-state index in [4.69, 9.17) is 0 Å². The highest BCUT2D eigenvalue weighted by Gasteiger charge is 2.16. The van der Waals surface area contributed by atoms with Crippen LogP contribution in [0.4, 0.5) is 0 Å². The number of rotatable bonds is 2. The Morgan fingerprint density at radius 1 is 0.880 bits per heavy atom. The van der Waals surface area contributed by atoms with Gasteiger partial charge in [-0.3, -0.25) is 0 Å². The Bertz CT molecular complexity index is 815. The van der Waals surface area contributed by atoms with Crippen LogP contribution in [0.1, 0.15) is 42.5 Å². The molecule has 0 fully saturated rings. The Morgan fingerprint density at radius 3 is 2.20 bits per heavy atom. The fraction of sp³-hybridized carbons (Fsp3) is 0.200. The summed E-state index contributed by atoms with van der Waals surface area (Å²) in [6.45, 7) is 13.7. The average molecular weight is 328 g/mol. The van der Waals surface area contributed by atoms with Gasteiger partial charge in [0.25, 0.3) is 0 Å². The maximum absolute atomic E-state index is 4.01. The van der Waals surface area contributed by atoms with Crippen molar-refractivity contribution in [2.75, 3.05) is 0 Å². The Labute approximate surface area is 152 Å². The molecule has 0 aromatic heterocycles. The number of allylic oxidation sites excluding steroid dienone is 5. The fourth-order valence-corrected chi connectivity index (χ4v) is 3.18. The van der Waals surface area contributed by atoms with Crippen LogP contribution in [0.5, 0.6) is 0 Å². The average Bonchev–Trinajstić information content (AvgIpc) is 2.75. The summed E-state index contributed by atoms with van der Waals surface area (Å²) >= 11 is 0. The van der Waals surface area contributed by atoms with Crippen LogP contribution in [0, 0.1) is 6.92 Å². The molecule has 1 aliphatic carbocycles. The van der Waals surface area contributed by atoms with E-state index in [1.54, 1.807) is 6.08 Å². The van der Waals surface area contributed by atoms with Crippen LogP contribution in [-0.4, -0.2) is 0 Å². The first-order valence-electron chi connectivity index (χ1n) is 8.87. The van der Waals surface area contributed by atoms with Crippen LogP contribution < -0.4 is 0 Å². The molecule has 3 rings (SSSR count). The van der Waals surface area contributed by atoms with Crippen molar-refractivity contribution >= 4 is 11.6 Å². The smallest absolute Gasteiger partial charge is 0.0143 e. The summed E-state index contributed by atoms with van der Waals surface area (Å²) in [5, 5.41) is 0. The SMILES string of the molecule is C=CC.C=CC1=C(C)/C(=C\c2ccccc2C)c2ccccc2CC1. The number of fused-ring (bicyclic) bond motifs is 1. The van der Waals surface area contributed by atoms with Gasteiger partial charge in [-0.25, -0.2) is 0 Å². The normalized spacial score (nSPS) is 14.9. The van der Waals surface area contributed by atoms with Crippen molar-refractivity contribution in [3.63, 3.8) is 0 Å². The Hall–Kier alpha value is -2.60. The highest BCUT2D eigenvalue weighted by atomic mass is 14.2. The van der Waals surface area contributed by atoms with E-state index in [0.29, 0.717) is 0 Å². The fourth-order valence-electron chi connectivity index (χ4n) is 3.18. The molecule has 0 atom stereocenters. The van der Waals surface area contributed by atoms with Gasteiger partial charge in [-0.15, -0.1) is 6.58 Å². The molecule has 2 aromatic rings. The van der Waals surface area contributed by atoms with E-state index < -0.39 is 0 Å². The summed E-state index contributed by atoms with van der Waals surface area (Å²) in [6, 6.07) is 17.3. The lowest BCUT2D eigenvalue weighted by atomic mass is 9.92. The van der Waals surface area contributed by atoms with Crippen molar-refractivity contribution in [3.05, 3.63) is 107 Å². The Morgan fingerprint density at radius 2 is 1.52 bits per heavy atom. The molecule has 2 aromatic carbocycles. The van der Waals surface area contributed by atoms with Gasteiger partial charge >= 0.3 is 0 Å². The third kappa shape index (κ3) is 4.48. The van der Waals surface area contributed by atoms with Gasteiger partial charge in [0, 0.05) is 0 Å². The monoisotopic (exact) mass is 328 g/mol. The quantitative estimate of drug-likeness (QED) is 0.512. The van der Waals surface area contributed by atoms with Crippen LogP contribution in [0.15, 0.2) is 85.0 Å². The van der Waals surface area contributed by atoms with E-state index in [0.717, 1.165) is 12.8 Å². The molecule has 128 valence electrons. The van der Waals surface area contributed by atoms with E-state index >= 15 is 0 Å². The molecule has 0 heterocycles. The van der Waals surface area contributed by atoms with E-state index in [9.17, 15) is 0 Å². The summed E-state index contributed by atoms with van der Waals surface area (Å²) in [4.78, 5) is 0. The van der Waals surface area contributed by atoms with Crippen molar-refractivity contribution < 1.29 is 0 Å². The highest BCUT2D eigenvalue weighted by molar-refractivity contribution is 5.93. The van der Waals surface area contributed by atoms with Gasteiger partial charge in [-0.1, -0.05) is 67.3 Å². The molecule has 0 N–H and O–H groups in total. The second-order valence-electron chi connectivity index (χ2n) is 6.33. The minimum atomic E-state index is 1.07. The van der Waals surface area contributed by atoms with Gasteiger partial charge in [0.05, 0.1) is 0 Å². The van der Waals surface area contributed by atoms with E-state index in [-0.39, 0.29) is 0 Å². The predicted molar refractivity (Wildman–Crippen MR) is 113 cm³/mol. The molecular formula is C25H28. The van der Waals surface area contributed by atoms with Crippen molar-refractivity contribution in [2.45, 2.75) is 33.6 Å². The summed E-state index contributed by atoms with van der Waals surface area (Å²) in [5.41, 5.74) is 9.43. The van der Waals surface area contributed by atoms with Gasteiger partial charge in [-0.05, 0) is 78.7 Å². The van der Waals surface area contributed by atoms with E-state index in [1.165, 1.54) is 39.0 Å². The standard InChI is InChI=1S/C22H22.C3H6/c1-4-18-13-14-19-10-7-8-12-21(19)22(17(18)3)15-20-11-6-5-9-16(20)2;1-3-2/h4-12,15H,1,13-14H2,2-3H3;3H,1H2,2H3/b22-15+;. The maximum atomic E-state index is 4.01. The molecule has 0 amide bonds. The molecule has 0 saturated carbocycles.